The number of carbonyl (C=O) groups excluding carboxylic acids is 1. The number of nitrogen functional groups attached to an aromatic ring is 1. The van der Waals surface area contributed by atoms with Crippen LogP contribution in [0.2, 0.25) is 0 Å². The van der Waals surface area contributed by atoms with Gasteiger partial charge in [0, 0.05) is 25.8 Å². The van der Waals surface area contributed by atoms with Crippen molar-refractivity contribution in [2.24, 2.45) is 0 Å². The van der Waals surface area contributed by atoms with E-state index in [4.69, 9.17) is 10.5 Å². The number of rotatable bonds is 7. The molecule has 1 atom stereocenters. The monoisotopic (exact) mass is 298 g/mol. The van der Waals surface area contributed by atoms with Gasteiger partial charge in [0.05, 0.1) is 6.10 Å². The van der Waals surface area contributed by atoms with E-state index in [0.29, 0.717) is 19.4 Å². The highest BCUT2D eigenvalue weighted by atomic mass is 16.5. The largest absolute Gasteiger partial charge is 0.399 e. The summed E-state index contributed by atoms with van der Waals surface area (Å²) in [4.78, 5) is 12.0. The fraction of sp³-hybridized carbons (Fsp3) is 0.278. The van der Waals surface area contributed by atoms with E-state index in [1.807, 2.05) is 54.6 Å². The number of carbonyl (C=O) groups is 1. The molecule has 0 aliphatic heterocycles. The van der Waals surface area contributed by atoms with Crippen LogP contribution in [0.5, 0.6) is 0 Å². The molecule has 4 heteroatoms. The van der Waals surface area contributed by atoms with Crippen LogP contribution in [0.1, 0.15) is 23.7 Å². The lowest BCUT2D eigenvalue weighted by Gasteiger charge is -2.16. The molecular weight excluding hydrogens is 276 g/mol. The highest BCUT2D eigenvalue weighted by molar-refractivity contribution is 5.76. The van der Waals surface area contributed by atoms with Gasteiger partial charge in [0.2, 0.25) is 5.91 Å². The smallest absolute Gasteiger partial charge is 0.220 e. The van der Waals surface area contributed by atoms with Gasteiger partial charge in [0.1, 0.15) is 0 Å². The van der Waals surface area contributed by atoms with Crippen LogP contribution in [0.3, 0.4) is 0 Å². The maximum atomic E-state index is 12.0. The fourth-order valence-electron chi connectivity index (χ4n) is 2.31. The van der Waals surface area contributed by atoms with Gasteiger partial charge < -0.3 is 15.8 Å². The Labute approximate surface area is 131 Å². The number of anilines is 1. The summed E-state index contributed by atoms with van der Waals surface area (Å²) in [6, 6.07) is 17.5. The van der Waals surface area contributed by atoms with E-state index >= 15 is 0 Å². The van der Waals surface area contributed by atoms with E-state index in [0.717, 1.165) is 16.8 Å². The molecule has 0 fully saturated rings. The lowest BCUT2D eigenvalue weighted by molar-refractivity contribution is -0.121. The zero-order chi connectivity index (χ0) is 15.8. The number of benzene rings is 2. The Kier molecular flexibility index (Phi) is 5.98. The Morgan fingerprint density at radius 2 is 1.82 bits per heavy atom. The molecule has 0 spiro atoms. The van der Waals surface area contributed by atoms with E-state index < -0.39 is 0 Å². The van der Waals surface area contributed by atoms with Crippen LogP contribution in [-0.4, -0.2) is 19.6 Å². The van der Waals surface area contributed by atoms with Crippen molar-refractivity contribution in [3.63, 3.8) is 0 Å². The van der Waals surface area contributed by atoms with Gasteiger partial charge in [-0.3, -0.25) is 4.79 Å². The van der Waals surface area contributed by atoms with Crippen LogP contribution in [-0.2, 0) is 16.0 Å². The van der Waals surface area contributed by atoms with E-state index in [1.165, 1.54) is 0 Å². The first-order valence-corrected chi connectivity index (χ1v) is 7.38. The second-order valence-electron chi connectivity index (χ2n) is 5.14. The molecular formula is C18H22N2O2. The predicted octanol–water partition coefficient (Wildman–Crippen LogP) is 2.71. The number of hydrogen-bond acceptors (Lipinski definition) is 3. The van der Waals surface area contributed by atoms with Crippen molar-refractivity contribution in [2.45, 2.75) is 18.9 Å². The summed E-state index contributed by atoms with van der Waals surface area (Å²) < 4.78 is 5.43. The maximum absolute atomic E-state index is 12.0. The quantitative estimate of drug-likeness (QED) is 0.772. The molecule has 2 rings (SSSR count). The fourth-order valence-corrected chi connectivity index (χ4v) is 2.31. The maximum Gasteiger partial charge on any atom is 0.220 e. The number of aryl methyl sites for hydroxylation is 1. The average molecular weight is 298 g/mol. The number of ether oxygens (including phenoxy) is 1. The van der Waals surface area contributed by atoms with Crippen molar-refractivity contribution in [1.82, 2.24) is 5.32 Å². The number of nitrogens with two attached hydrogens (primary N) is 1. The first-order chi connectivity index (χ1) is 10.7. The first-order valence-electron chi connectivity index (χ1n) is 7.38. The molecule has 0 saturated carbocycles. The minimum Gasteiger partial charge on any atom is -0.399 e. The molecule has 0 saturated heterocycles. The van der Waals surface area contributed by atoms with Gasteiger partial charge in [-0.25, -0.2) is 0 Å². The van der Waals surface area contributed by atoms with Crippen molar-refractivity contribution in [3.8, 4) is 0 Å². The van der Waals surface area contributed by atoms with Gasteiger partial charge in [-0.05, 0) is 23.6 Å². The zero-order valence-corrected chi connectivity index (χ0v) is 12.8. The Hall–Kier alpha value is -2.33. The third-order valence-electron chi connectivity index (χ3n) is 3.62. The van der Waals surface area contributed by atoms with Crippen molar-refractivity contribution < 1.29 is 9.53 Å². The number of para-hydroxylation sites is 1. The third kappa shape index (κ3) is 4.60. The van der Waals surface area contributed by atoms with Gasteiger partial charge in [0.25, 0.3) is 0 Å². The second-order valence-corrected chi connectivity index (χ2v) is 5.14. The van der Waals surface area contributed by atoms with Crippen molar-refractivity contribution in [3.05, 3.63) is 65.7 Å². The van der Waals surface area contributed by atoms with Gasteiger partial charge in [0.15, 0.2) is 0 Å². The van der Waals surface area contributed by atoms with Gasteiger partial charge >= 0.3 is 0 Å². The molecule has 2 aromatic rings. The molecule has 3 N–H and O–H groups in total. The molecule has 0 bridgehead atoms. The van der Waals surface area contributed by atoms with E-state index in [1.54, 1.807) is 7.11 Å². The van der Waals surface area contributed by atoms with Crippen LogP contribution in [0.25, 0.3) is 0 Å². The van der Waals surface area contributed by atoms with Crippen LogP contribution in [0.15, 0.2) is 54.6 Å². The molecule has 0 heterocycles. The Bertz CT molecular complexity index is 599. The van der Waals surface area contributed by atoms with E-state index in [2.05, 4.69) is 5.32 Å². The number of amides is 1. The average Bonchev–Trinajstić information content (AvgIpc) is 2.55. The molecule has 1 amide bonds. The lowest BCUT2D eigenvalue weighted by atomic mass is 10.1. The standard InChI is InChI=1S/C18H22N2O2/c1-22-17(15-8-3-2-4-9-15)13-20-18(21)12-11-14-7-5-6-10-16(14)19/h2-10,17H,11-13,19H2,1H3,(H,20,21). The molecule has 0 radical (unpaired) electrons. The minimum absolute atomic E-state index is 0.00114. The van der Waals surface area contributed by atoms with Crippen molar-refractivity contribution in [2.75, 3.05) is 19.4 Å². The molecule has 0 aromatic heterocycles. The Morgan fingerprint density at radius 3 is 2.50 bits per heavy atom. The lowest BCUT2D eigenvalue weighted by Crippen LogP contribution is -2.29. The van der Waals surface area contributed by atoms with Crippen molar-refractivity contribution >= 4 is 11.6 Å². The molecule has 0 aliphatic rings. The van der Waals surface area contributed by atoms with Crippen LogP contribution in [0.4, 0.5) is 5.69 Å². The van der Waals surface area contributed by atoms with E-state index in [9.17, 15) is 4.79 Å². The van der Waals surface area contributed by atoms with Crippen LogP contribution >= 0.6 is 0 Å². The normalized spacial score (nSPS) is 11.9. The van der Waals surface area contributed by atoms with Gasteiger partial charge in [-0.1, -0.05) is 48.5 Å². The highest BCUT2D eigenvalue weighted by Gasteiger charge is 2.11. The van der Waals surface area contributed by atoms with Gasteiger partial charge in [-0.15, -0.1) is 0 Å². The summed E-state index contributed by atoms with van der Waals surface area (Å²) >= 11 is 0. The molecule has 22 heavy (non-hydrogen) atoms. The summed E-state index contributed by atoms with van der Waals surface area (Å²) in [5.41, 5.74) is 8.66. The molecule has 4 nitrogen and oxygen atoms in total. The molecule has 0 aliphatic carbocycles. The topological polar surface area (TPSA) is 64.3 Å². The Balaban J connectivity index is 1.81. The van der Waals surface area contributed by atoms with Crippen molar-refractivity contribution in [1.29, 1.82) is 0 Å². The molecule has 2 aromatic carbocycles. The number of nitrogens with one attached hydrogen (secondary N) is 1. The third-order valence-corrected chi connectivity index (χ3v) is 3.62. The number of hydrogen-bond donors (Lipinski definition) is 2. The summed E-state index contributed by atoms with van der Waals surface area (Å²) in [7, 11) is 1.65. The minimum atomic E-state index is -0.132. The zero-order valence-electron chi connectivity index (χ0n) is 12.8. The van der Waals surface area contributed by atoms with Gasteiger partial charge in [-0.2, -0.15) is 0 Å². The molecule has 116 valence electrons. The highest BCUT2D eigenvalue weighted by Crippen LogP contribution is 2.15. The summed E-state index contributed by atoms with van der Waals surface area (Å²) in [5, 5.41) is 2.92. The Morgan fingerprint density at radius 1 is 1.14 bits per heavy atom. The molecule has 1 unspecified atom stereocenters. The summed E-state index contributed by atoms with van der Waals surface area (Å²) in [6.45, 7) is 0.462. The second kappa shape index (κ2) is 8.20. The van der Waals surface area contributed by atoms with Crippen LogP contribution < -0.4 is 11.1 Å². The van der Waals surface area contributed by atoms with E-state index in [-0.39, 0.29) is 12.0 Å². The summed E-state index contributed by atoms with van der Waals surface area (Å²) in [5.74, 6) is 0.00114. The number of methoxy groups -OCH3 is 1. The summed E-state index contributed by atoms with van der Waals surface area (Å²) in [6.07, 6.45) is 0.924. The first kappa shape index (κ1) is 16.0. The SMILES string of the molecule is COC(CNC(=O)CCc1ccccc1N)c1ccccc1. The van der Waals surface area contributed by atoms with Crippen LogP contribution in [0, 0.1) is 0 Å². The predicted molar refractivity (Wildman–Crippen MR) is 88.4 cm³/mol.